The molecule has 0 aromatic rings. The number of rotatable bonds is 6. The number of methoxy groups -OCH3 is 1. The molecule has 2 amide bonds. The second kappa shape index (κ2) is 7.95. The molecule has 3 saturated heterocycles. The van der Waals surface area contributed by atoms with Crippen molar-refractivity contribution in [1.82, 2.24) is 9.80 Å². The van der Waals surface area contributed by atoms with Gasteiger partial charge in [-0.05, 0) is 51.9 Å². The molecule has 33 heavy (non-hydrogen) atoms. The zero-order valence-corrected chi connectivity index (χ0v) is 20.7. The average molecular weight is 463 g/mol. The van der Waals surface area contributed by atoms with E-state index in [1.54, 1.807) is 31.0 Å². The number of piperidine rings is 1. The fourth-order valence-electron chi connectivity index (χ4n) is 6.61. The highest BCUT2D eigenvalue weighted by Gasteiger charge is 2.72. The molecule has 9 atom stereocenters. The molecular weight excluding hydrogens is 424 g/mol. The van der Waals surface area contributed by atoms with E-state index in [1.807, 2.05) is 0 Å². The average Bonchev–Trinajstić information content (AvgIpc) is 3.72. The van der Waals surface area contributed by atoms with Crippen LogP contribution in [0, 0.1) is 23.7 Å². The van der Waals surface area contributed by atoms with E-state index in [-0.39, 0.29) is 65.2 Å². The van der Waals surface area contributed by atoms with Crippen molar-refractivity contribution in [2.45, 2.75) is 69.5 Å². The second-order valence-electron chi connectivity index (χ2n) is 11.3. The van der Waals surface area contributed by atoms with Crippen LogP contribution in [0.1, 0.15) is 40.0 Å². The second-order valence-corrected chi connectivity index (χ2v) is 11.3. The molecule has 0 N–H and O–H groups in total. The molecule has 0 bridgehead atoms. The van der Waals surface area contributed by atoms with Crippen LogP contribution in [0.5, 0.6) is 0 Å². The van der Waals surface area contributed by atoms with Gasteiger partial charge >= 0.3 is 6.09 Å². The van der Waals surface area contributed by atoms with Crippen LogP contribution in [0.2, 0.25) is 0 Å². The summed E-state index contributed by atoms with van der Waals surface area (Å²) in [5.74, 6) is 0.783. The minimum atomic E-state index is -0.344. The standard InChI is InChI=1S/C25H38N2O6/c1-14(2)7-8-18-24(3,33-18)21-20(30-6)17(9-10-25(21)13-31-25)32-23(29)27-11-15-16(12-27)19(15)22(28)26(4)5/h7,15-21H,8-13H2,1-6H3/t15-,16+,17-,18-,19?,20-,21?,24+,25+/m1/s1. The molecule has 8 heteroatoms. The number of nitrogens with zero attached hydrogens (tertiary/aromatic N) is 2. The highest BCUT2D eigenvalue weighted by Crippen LogP contribution is 2.60. The molecule has 0 aromatic heterocycles. The van der Waals surface area contributed by atoms with Gasteiger partial charge in [0.05, 0.1) is 18.6 Å². The zero-order chi connectivity index (χ0) is 23.7. The molecule has 3 aliphatic heterocycles. The lowest BCUT2D eigenvalue weighted by Gasteiger charge is -2.43. The Morgan fingerprint density at radius 1 is 1.21 bits per heavy atom. The summed E-state index contributed by atoms with van der Waals surface area (Å²) >= 11 is 0. The monoisotopic (exact) mass is 462 g/mol. The van der Waals surface area contributed by atoms with Crippen molar-refractivity contribution in [3.8, 4) is 0 Å². The predicted octanol–water partition coefficient (Wildman–Crippen LogP) is 2.47. The molecule has 0 aromatic carbocycles. The maximum atomic E-state index is 13.0. The molecule has 1 spiro atoms. The fourth-order valence-corrected chi connectivity index (χ4v) is 6.61. The number of ether oxygens (including phenoxy) is 4. The van der Waals surface area contributed by atoms with Crippen LogP contribution < -0.4 is 0 Å². The van der Waals surface area contributed by atoms with Crippen molar-refractivity contribution < 1.29 is 28.5 Å². The summed E-state index contributed by atoms with van der Waals surface area (Å²) < 4.78 is 24.2. The van der Waals surface area contributed by atoms with E-state index < -0.39 is 0 Å². The molecule has 2 unspecified atom stereocenters. The number of epoxide rings is 2. The van der Waals surface area contributed by atoms with Crippen LogP contribution in [0.4, 0.5) is 4.79 Å². The Bertz CT molecular complexity index is 838. The lowest BCUT2D eigenvalue weighted by atomic mass is 9.68. The molecule has 5 rings (SSSR count). The molecule has 184 valence electrons. The van der Waals surface area contributed by atoms with Crippen molar-refractivity contribution in [1.29, 1.82) is 0 Å². The summed E-state index contributed by atoms with van der Waals surface area (Å²) in [4.78, 5) is 28.7. The topological polar surface area (TPSA) is 84.1 Å². The summed E-state index contributed by atoms with van der Waals surface area (Å²) in [6.07, 6.45) is 3.88. The number of carbonyl (C=O) groups excluding carboxylic acids is 2. The van der Waals surface area contributed by atoms with Crippen LogP contribution in [-0.2, 0) is 23.7 Å². The van der Waals surface area contributed by atoms with Gasteiger partial charge in [0.2, 0.25) is 5.91 Å². The van der Waals surface area contributed by atoms with Crippen LogP contribution in [0.3, 0.4) is 0 Å². The van der Waals surface area contributed by atoms with Crippen LogP contribution in [0.25, 0.3) is 0 Å². The van der Waals surface area contributed by atoms with Crippen LogP contribution in [-0.4, -0.2) is 92.2 Å². The Balaban J connectivity index is 1.22. The molecule has 5 aliphatic rings. The maximum absolute atomic E-state index is 13.0. The maximum Gasteiger partial charge on any atom is 0.410 e. The van der Waals surface area contributed by atoms with E-state index in [2.05, 4.69) is 26.8 Å². The summed E-state index contributed by atoms with van der Waals surface area (Å²) in [5.41, 5.74) is 0.707. The van der Waals surface area contributed by atoms with Gasteiger partial charge in [-0.15, -0.1) is 0 Å². The Morgan fingerprint density at radius 3 is 2.42 bits per heavy atom. The smallest absolute Gasteiger partial charge is 0.410 e. The molecule has 5 fully saturated rings. The first kappa shape index (κ1) is 23.1. The molecular formula is C25H38N2O6. The van der Waals surface area contributed by atoms with Crippen molar-refractivity contribution in [3.05, 3.63) is 11.6 Å². The largest absolute Gasteiger partial charge is 0.443 e. The van der Waals surface area contributed by atoms with Crippen LogP contribution >= 0.6 is 0 Å². The Hall–Kier alpha value is -1.64. The van der Waals surface area contributed by atoms with Crippen molar-refractivity contribution in [3.63, 3.8) is 0 Å². The van der Waals surface area contributed by atoms with Crippen molar-refractivity contribution in [2.75, 3.05) is 40.9 Å². The first-order valence-corrected chi connectivity index (χ1v) is 12.3. The van der Waals surface area contributed by atoms with Gasteiger partial charge in [-0.25, -0.2) is 4.79 Å². The number of allylic oxidation sites excluding steroid dienone is 1. The van der Waals surface area contributed by atoms with Crippen molar-refractivity contribution in [2.24, 2.45) is 23.7 Å². The lowest BCUT2D eigenvalue weighted by Crippen LogP contribution is -2.56. The number of fused-ring (bicyclic) bond motifs is 1. The first-order valence-electron chi connectivity index (χ1n) is 12.3. The van der Waals surface area contributed by atoms with E-state index in [9.17, 15) is 9.59 Å². The van der Waals surface area contributed by atoms with Crippen LogP contribution in [0.15, 0.2) is 11.6 Å². The van der Waals surface area contributed by atoms with E-state index in [0.717, 1.165) is 19.3 Å². The van der Waals surface area contributed by atoms with E-state index in [1.165, 1.54) is 5.57 Å². The molecule has 2 aliphatic carbocycles. The number of carbonyl (C=O) groups is 2. The summed E-state index contributed by atoms with van der Waals surface area (Å²) in [7, 11) is 5.27. The normalized spacial score (nSPS) is 44.8. The van der Waals surface area contributed by atoms with Gasteiger partial charge in [0, 0.05) is 40.2 Å². The number of hydrogen-bond acceptors (Lipinski definition) is 6. The SMILES string of the molecule is CO[C@H]1C([C@@]2(C)O[C@@H]2CC=C(C)C)[C@]2(CC[C@H]1OC(=O)N1C[C@@H]3C(C(=O)N(C)C)[C@@H]3C1)CO2. The minimum absolute atomic E-state index is 0.0196. The Kier molecular flexibility index (Phi) is 5.57. The Morgan fingerprint density at radius 2 is 1.88 bits per heavy atom. The Labute approximate surface area is 196 Å². The third-order valence-corrected chi connectivity index (χ3v) is 8.67. The van der Waals surface area contributed by atoms with Crippen molar-refractivity contribution >= 4 is 12.0 Å². The quantitative estimate of drug-likeness (QED) is 0.445. The number of likely N-dealkylation sites (tertiary alicyclic amines) is 1. The van der Waals surface area contributed by atoms with Gasteiger partial charge in [-0.2, -0.15) is 0 Å². The lowest BCUT2D eigenvalue weighted by molar-refractivity contribution is -0.131. The highest BCUT2D eigenvalue weighted by molar-refractivity contribution is 5.83. The van der Waals surface area contributed by atoms with E-state index in [0.29, 0.717) is 19.7 Å². The van der Waals surface area contributed by atoms with Gasteiger partial charge in [0.1, 0.15) is 23.4 Å². The van der Waals surface area contributed by atoms with Gasteiger partial charge in [-0.3, -0.25) is 4.79 Å². The predicted molar refractivity (Wildman–Crippen MR) is 121 cm³/mol. The van der Waals surface area contributed by atoms with Gasteiger partial charge in [0.15, 0.2) is 0 Å². The number of amides is 2. The first-order chi connectivity index (χ1) is 15.6. The van der Waals surface area contributed by atoms with Gasteiger partial charge in [-0.1, -0.05) is 11.6 Å². The number of hydrogen-bond donors (Lipinski definition) is 0. The minimum Gasteiger partial charge on any atom is -0.443 e. The molecule has 3 heterocycles. The summed E-state index contributed by atoms with van der Waals surface area (Å²) in [6, 6.07) is 0. The third kappa shape index (κ3) is 3.88. The summed E-state index contributed by atoms with van der Waals surface area (Å²) in [5, 5.41) is 0. The highest BCUT2D eigenvalue weighted by atomic mass is 16.6. The molecule has 2 saturated carbocycles. The fraction of sp³-hybridized carbons (Fsp3) is 0.840. The molecule has 0 radical (unpaired) electrons. The molecule has 8 nitrogen and oxygen atoms in total. The zero-order valence-electron chi connectivity index (χ0n) is 20.7. The third-order valence-electron chi connectivity index (χ3n) is 8.67. The van der Waals surface area contributed by atoms with Gasteiger partial charge < -0.3 is 28.7 Å². The summed E-state index contributed by atoms with van der Waals surface area (Å²) in [6.45, 7) is 8.25. The van der Waals surface area contributed by atoms with Gasteiger partial charge in [0.25, 0.3) is 0 Å². The van der Waals surface area contributed by atoms with E-state index in [4.69, 9.17) is 18.9 Å². The van der Waals surface area contributed by atoms with E-state index >= 15 is 0 Å².